The lowest BCUT2D eigenvalue weighted by Gasteiger charge is -2.17. The number of ether oxygens (including phenoxy) is 1. The van der Waals surface area contributed by atoms with Gasteiger partial charge in [0.05, 0.1) is 13.0 Å². The van der Waals surface area contributed by atoms with Gasteiger partial charge in [-0.1, -0.05) is 19.9 Å². The zero-order valence-corrected chi connectivity index (χ0v) is 13.1. The molecule has 2 rings (SSSR count). The maximum absolute atomic E-state index is 11.8. The molecule has 0 radical (unpaired) electrons. The molecular weight excluding hydrogens is 282 g/mol. The number of fused-ring (bicyclic) bond motifs is 1. The first-order valence-electron chi connectivity index (χ1n) is 7.74. The van der Waals surface area contributed by atoms with Gasteiger partial charge in [-0.15, -0.1) is 0 Å². The Balaban J connectivity index is 1.78. The van der Waals surface area contributed by atoms with Gasteiger partial charge in [-0.05, 0) is 48.4 Å². The summed E-state index contributed by atoms with van der Waals surface area (Å²) >= 11 is 0. The zero-order chi connectivity index (χ0) is 16.1. The number of aliphatic carboxylic acids is 1. The highest BCUT2D eigenvalue weighted by Crippen LogP contribution is 2.26. The number of carbonyl (C=O) groups is 2. The summed E-state index contributed by atoms with van der Waals surface area (Å²) in [7, 11) is 0. The monoisotopic (exact) mass is 305 g/mol. The summed E-state index contributed by atoms with van der Waals surface area (Å²) in [5, 5.41) is 11.6. The smallest absolute Gasteiger partial charge is 0.326 e. The lowest BCUT2D eigenvalue weighted by Crippen LogP contribution is -2.44. The van der Waals surface area contributed by atoms with E-state index in [1.165, 1.54) is 17.5 Å². The molecule has 0 bridgehead atoms. The topological polar surface area (TPSA) is 75.6 Å². The second-order valence-corrected chi connectivity index (χ2v) is 6.01. The molecule has 0 aliphatic heterocycles. The van der Waals surface area contributed by atoms with Crippen LogP contribution in [0.3, 0.4) is 0 Å². The van der Waals surface area contributed by atoms with Gasteiger partial charge in [-0.2, -0.15) is 0 Å². The summed E-state index contributed by atoms with van der Waals surface area (Å²) in [5.41, 5.74) is 2.71. The standard InChI is InChI=1S/C17H23NO4/c1-11(2)16(17(20)21)18-15(19)8-9-22-14-7-6-12-4-3-5-13(12)10-14/h6-7,10-11,16H,3-5,8-9H2,1-2H3,(H,18,19)(H,20,21). The van der Waals surface area contributed by atoms with Crippen LogP contribution in [0.1, 0.15) is 37.8 Å². The first-order valence-corrected chi connectivity index (χ1v) is 7.74. The lowest BCUT2D eigenvalue weighted by molar-refractivity contribution is -0.143. The predicted molar refractivity (Wildman–Crippen MR) is 83.0 cm³/mol. The molecule has 120 valence electrons. The normalized spacial score (nSPS) is 14.5. The van der Waals surface area contributed by atoms with Crippen LogP contribution in [0.5, 0.6) is 5.75 Å². The molecule has 1 atom stereocenters. The summed E-state index contributed by atoms with van der Waals surface area (Å²) in [4.78, 5) is 22.8. The number of hydrogen-bond donors (Lipinski definition) is 2. The second kappa shape index (κ2) is 7.29. The van der Waals surface area contributed by atoms with E-state index in [4.69, 9.17) is 9.84 Å². The van der Waals surface area contributed by atoms with Crippen molar-refractivity contribution in [2.75, 3.05) is 6.61 Å². The maximum atomic E-state index is 11.8. The molecule has 0 fully saturated rings. The van der Waals surface area contributed by atoms with Crippen molar-refractivity contribution in [3.63, 3.8) is 0 Å². The summed E-state index contributed by atoms with van der Waals surface area (Å²) < 4.78 is 5.60. The van der Waals surface area contributed by atoms with Crippen LogP contribution in [0.4, 0.5) is 0 Å². The average Bonchev–Trinajstić information content (AvgIpc) is 2.91. The number of hydrogen-bond acceptors (Lipinski definition) is 3. The highest BCUT2D eigenvalue weighted by Gasteiger charge is 2.23. The van der Waals surface area contributed by atoms with Crippen LogP contribution in [0.2, 0.25) is 0 Å². The van der Waals surface area contributed by atoms with Crippen molar-refractivity contribution >= 4 is 11.9 Å². The summed E-state index contributed by atoms with van der Waals surface area (Å²) in [6.45, 7) is 3.77. The molecule has 22 heavy (non-hydrogen) atoms. The Hall–Kier alpha value is -2.04. The first kappa shape index (κ1) is 16.3. The van der Waals surface area contributed by atoms with Crippen LogP contribution in [0, 0.1) is 5.92 Å². The number of rotatable bonds is 7. The fraction of sp³-hybridized carbons (Fsp3) is 0.529. The zero-order valence-electron chi connectivity index (χ0n) is 13.1. The van der Waals surface area contributed by atoms with Crippen LogP contribution in [-0.4, -0.2) is 29.6 Å². The number of carboxylic acids is 1. The highest BCUT2D eigenvalue weighted by molar-refractivity contribution is 5.83. The van der Waals surface area contributed by atoms with Crippen LogP contribution >= 0.6 is 0 Å². The molecule has 1 unspecified atom stereocenters. The maximum Gasteiger partial charge on any atom is 0.326 e. The molecule has 0 saturated heterocycles. The van der Waals surface area contributed by atoms with Gasteiger partial charge in [0.1, 0.15) is 11.8 Å². The summed E-state index contributed by atoms with van der Waals surface area (Å²) in [5.74, 6) is -0.698. The Bertz CT molecular complexity index is 554. The van der Waals surface area contributed by atoms with Gasteiger partial charge < -0.3 is 15.2 Å². The molecule has 0 heterocycles. The Labute approximate surface area is 130 Å². The Morgan fingerprint density at radius 3 is 2.68 bits per heavy atom. The van der Waals surface area contributed by atoms with E-state index in [1.807, 2.05) is 12.1 Å². The number of carbonyl (C=O) groups excluding carboxylic acids is 1. The van der Waals surface area contributed by atoms with E-state index in [-0.39, 0.29) is 24.9 Å². The molecule has 5 heteroatoms. The number of amides is 1. The minimum Gasteiger partial charge on any atom is -0.493 e. The van der Waals surface area contributed by atoms with Gasteiger partial charge in [0.2, 0.25) is 5.91 Å². The van der Waals surface area contributed by atoms with Crippen molar-refractivity contribution in [3.8, 4) is 5.75 Å². The molecule has 0 aromatic heterocycles. The van der Waals surface area contributed by atoms with E-state index in [1.54, 1.807) is 13.8 Å². The Morgan fingerprint density at radius 1 is 1.27 bits per heavy atom. The van der Waals surface area contributed by atoms with Crippen LogP contribution in [0.25, 0.3) is 0 Å². The lowest BCUT2D eigenvalue weighted by atomic mass is 10.0. The highest BCUT2D eigenvalue weighted by atomic mass is 16.5. The third kappa shape index (κ3) is 4.23. The van der Waals surface area contributed by atoms with E-state index < -0.39 is 12.0 Å². The van der Waals surface area contributed by atoms with E-state index in [9.17, 15) is 9.59 Å². The van der Waals surface area contributed by atoms with Crippen molar-refractivity contribution in [3.05, 3.63) is 29.3 Å². The number of carboxylic acid groups (broad SMARTS) is 1. The number of nitrogens with one attached hydrogen (secondary N) is 1. The largest absolute Gasteiger partial charge is 0.493 e. The van der Waals surface area contributed by atoms with Gasteiger partial charge in [0, 0.05) is 0 Å². The number of aryl methyl sites for hydroxylation is 2. The SMILES string of the molecule is CC(C)C(NC(=O)CCOc1ccc2c(c1)CCC2)C(=O)O. The quantitative estimate of drug-likeness (QED) is 0.809. The Morgan fingerprint density at radius 2 is 2.00 bits per heavy atom. The summed E-state index contributed by atoms with van der Waals surface area (Å²) in [6.07, 6.45) is 3.55. The van der Waals surface area contributed by atoms with E-state index in [0.717, 1.165) is 18.6 Å². The third-order valence-electron chi connectivity index (χ3n) is 3.92. The van der Waals surface area contributed by atoms with Crippen molar-refractivity contribution in [1.82, 2.24) is 5.32 Å². The van der Waals surface area contributed by atoms with E-state index >= 15 is 0 Å². The molecule has 0 saturated carbocycles. The van der Waals surface area contributed by atoms with Crippen molar-refractivity contribution in [2.24, 2.45) is 5.92 Å². The predicted octanol–water partition coefficient (Wildman–Crippen LogP) is 2.17. The minimum absolute atomic E-state index is 0.146. The molecule has 1 aromatic rings. The molecule has 1 amide bonds. The van der Waals surface area contributed by atoms with Crippen LogP contribution < -0.4 is 10.1 Å². The third-order valence-corrected chi connectivity index (χ3v) is 3.92. The fourth-order valence-corrected chi connectivity index (χ4v) is 2.66. The van der Waals surface area contributed by atoms with Gasteiger partial charge in [-0.25, -0.2) is 4.79 Å². The Kier molecular flexibility index (Phi) is 5.41. The van der Waals surface area contributed by atoms with Crippen LogP contribution in [0.15, 0.2) is 18.2 Å². The van der Waals surface area contributed by atoms with Crippen molar-refractivity contribution in [1.29, 1.82) is 0 Å². The van der Waals surface area contributed by atoms with Crippen molar-refractivity contribution in [2.45, 2.75) is 45.6 Å². The van der Waals surface area contributed by atoms with Gasteiger partial charge in [-0.3, -0.25) is 4.79 Å². The van der Waals surface area contributed by atoms with Gasteiger partial charge >= 0.3 is 5.97 Å². The number of benzene rings is 1. The molecule has 5 nitrogen and oxygen atoms in total. The summed E-state index contributed by atoms with van der Waals surface area (Å²) in [6, 6.07) is 5.19. The average molecular weight is 305 g/mol. The van der Waals surface area contributed by atoms with Gasteiger partial charge in [0.15, 0.2) is 0 Å². The van der Waals surface area contributed by atoms with Gasteiger partial charge in [0.25, 0.3) is 0 Å². The van der Waals surface area contributed by atoms with Crippen molar-refractivity contribution < 1.29 is 19.4 Å². The second-order valence-electron chi connectivity index (χ2n) is 6.01. The molecule has 1 aromatic carbocycles. The fourth-order valence-electron chi connectivity index (χ4n) is 2.66. The minimum atomic E-state index is -1.01. The molecule has 0 spiro atoms. The molecular formula is C17H23NO4. The van der Waals surface area contributed by atoms with E-state index in [2.05, 4.69) is 11.4 Å². The first-order chi connectivity index (χ1) is 10.5. The molecule has 1 aliphatic rings. The van der Waals surface area contributed by atoms with E-state index in [0.29, 0.717) is 0 Å². The van der Waals surface area contributed by atoms with Crippen LogP contribution in [-0.2, 0) is 22.4 Å². The molecule has 2 N–H and O–H groups in total. The molecule has 1 aliphatic carbocycles.